The van der Waals surface area contributed by atoms with E-state index in [0.717, 1.165) is 0 Å². The Morgan fingerprint density at radius 1 is 0.939 bits per heavy atom. The van der Waals surface area contributed by atoms with Gasteiger partial charge in [0, 0.05) is 6.42 Å². The Morgan fingerprint density at radius 2 is 1.55 bits per heavy atom. The van der Waals surface area contributed by atoms with Gasteiger partial charge in [0.2, 0.25) is 11.8 Å². The summed E-state index contributed by atoms with van der Waals surface area (Å²) in [7, 11) is 0. The van der Waals surface area contributed by atoms with E-state index in [0.29, 0.717) is 0 Å². The van der Waals surface area contributed by atoms with Gasteiger partial charge in [0.05, 0.1) is 18.0 Å². The van der Waals surface area contributed by atoms with Crippen LogP contribution in [0.15, 0.2) is 30.3 Å². The number of esters is 2. The number of hydrogen-bond acceptors (Lipinski definition) is 8. The molecule has 1 rings (SSSR count). The van der Waals surface area contributed by atoms with E-state index in [1.165, 1.54) is 24.3 Å². The van der Waals surface area contributed by atoms with E-state index >= 15 is 0 Å². The number of nitrogens with one attached hydrogen (secondary N) is 2. The van der Waals surface area contributed by atoms with E-state index in [2.05, 4.69) is 10.6 Å². The SMILES string of the molecule is CC(C)[C@H](NC(=O)[C@@H](N)CCC(=O)O)C(=O)N[C@@H](CC(=O)O)C(=O)OC(=O)c1ccccc1. The zero-order valence-electron chi connectivity index (χ0n) is 18.1. The molecular weight excluding hydrogens is 438 g/mol. The minimum atomic E-state index is -1.71. The first-order chi connectivity index (χ1) is 15.4. The Labute approximate surface area is 189 Å². The van der Waals surface area contributed by atoms with E-state index in [1.54, 1.807) is 19.9 Å². The molecule has 0 aliphatic carbocycles. The predicted octanol–water partition coefficient (Wildman–Crippen LogP) is -0.338. The molecule has 0 bridgehead atoms. The molecule has 0 aliphatic rings. The van der Waals surface area contributed by atoms with Gasteiger partial charge in [0.1, 0.15) is 12.1 Å². The molecule has 0 saturated heterocycles. The van der Waals surface area contributed by atoms with Crippen LogP contribution in [0.2, 0.25) is 0 Å². The highest BCUT2D eigenvalue weighted by atomic mass is 16.6. The van der Waals surface area contributed by atoms with Crippen molar-refractivity contribution in [1.82, 2.24) is 10.6 Å². The number of rotatable bonds is 12. The van der Waals surface area contributed by atoms with Gasteiger partial charge in [-0.1, -0.05) is 32.0 Å². The lowest BCUT2D eigenvalue weighted by Gasteiger charge is -2.25. The van der Waals surface area contributed by atoms with Crippen LogP contribution in [0.1, 0.15) is 43.5 Å². The molecule has 2 amide bonds. The highest BCUT2D eigenvalue weighted by Crippen LogP contribution is 2.08. The van der Waals surface area contributed by atoms with Gasteiger partial charge in [-0.15, -0.1) is 0 Å². The summed E-state index contributed by atoms with van der Waals surface area (Å²) < 4.78 is 4.70. The number of carboxylic acid groups (broad SMARTS) is 2. The number of amides is 2. The van der Waals surface area contributed by atoms with Gasteiger partial charge in [-0.05, 0) is 24.5 Å². The molecule has 1 aromatic carbocycles. The van der Waals surface area contributed by atoms with Crippen LogP contribution in [0, 0.1) is 5.92 Å². The second-order valence-corrected chi connectivity index (χ2v) is 7.50. The minimum Gasteiger partial charge on any atom is -0.481 e. The van der Waals surface area contributed by atoms with E-state index in [4.69, 9.17) is 20.7 Å². The molecule has 1 aromatic rings. The highest BCUT2D eigenvalue weighted by molar-refractivity contribution is 6.00. The van der Waals surface area contributed by atoms with Gasteiger partial charge in [-0.2, -0.15) is 0 Å². The van der Waals surface area contributed by atoms with E-state index in [1.807, 2.05) is 0 Å². The molecule has 0 aliphatic heterocycles. The van der Waals surface area contributed by atoms with Crippen molar-refractivity contribution in [2.75, 3.05) is 0 Å². The number of carbonyl (C=O) groups is 6. The normalized spacial score (nSPS) is 13.3. The van der Waals surface area contributed by atoms with Crippen molar-refractivity contribution in [3.63, 3.8) is 0 Å². The van der Waals surface area contributed by atoms with Crippen molar-refractivity contribution in [2.45, 2.75) is 51.2 Å². The minimum absolute atomic E-state index is 0.0499. The third kappa shape index (κ3) is 9.47. The third-order valence-corrected chi connectivity index (χ3v) is 4.44. The Bertz CT molecular complexity index is 886. The van der Waals surface area contributed by atoms with Crippen LogP contribution in [0.5, 0.6) is 0 Å². The monoisotopic (exact) mass is 465 g/mol. The van der Waals surface area contributed by atoms with Crippen molar-refractivity contribution < 1.29 is 43.7 Å². The van der Waals surface area contributed by atoms with Crippen LogP contribution in [-0.4, -0.2) is 64.0 Å². The number of hydrogen-bond donors (Lipinski definition) is 5. The lowest BCUT2D eigenvalue weighted by Crippen LogP contribution is -2.56. The van der Waals surface area contributed by atoms with E-state index in [9.17, 15) is 28.8 Å². The lowest BCUT2D eigenvalue weighted by atomic mass is 10.0. The van der Waals surface area contributed by atoms with E-state index < -0.39 is 66.2 Å². The maximum atomic E-state index is 12.7. The Hall–Kier alpha value is -3.80. The first-order valence-corrected chi connectivity index (χ1v) is 10.0. The molecule has 33 heavy (non-hydrogen) atoms. The Balaban J connectivity index is 2.89. The van der Waals surface area contributed by atoms with Crippen LogP contribution in [0.25, 0.3) is 0 Å². The van der Waals surface area contributed by atoms with Gasteiger partial charge in [-0.3, -0.25) is 19.2 Å². The maximum Gasteiger partial charge on any atom is 0.345 e. The Morgan fingerprint density at radius 3 is 2.06 bits per heavy atom. The van der Waals surface area contributed by atoms with Crippen LogP contribution in [0.4, 0.5) is 0 Å². The number of nitrogens with two attached hydrogens (primary N) is 1. The molecule has 180 valence electrons. The van der Waals surface area contributed by atoms with Crippen molar-refractivity contribution in [2.24, 2.45) is 11.7 Å². The zero-order valence-corrected chi connectivity index (χ0v) is 18.1. The predicted molar refractivity (Wildman–Crippen MR) is 113 cm³/mol. The highest BCUT2D eigenvalue weighted by Gasteiger charge is 2.33. The topological polar surface area (TPSA) is 202 Å². The summed E-state index contributed by atoms with van der Waals surface area (Å²) in [6.07, 6.45) is -1.39. The van der Waals surface area contributed by atoms with Crippen LogP contribution < -0.4 is 16.4 Å². The summed E-state index contributed by atoms with van der Waals surface area (Å²) in [5.41, 5.74) is 5.69. The summed E-state index contributed by atoms with van der Waals surface area (Å²) in [4.78, 5) is 71.2. The molecule has 3 atom stereocenters. The molecule has 0 saturated carbocycles. The molecule has 0 fully saturated rings. The van der Waals surface area contributed by atoms with Gasteiger partial charge >= 0.3 is 23.9 Å². The number of carbonyl (C=O) groups excluding carboxylic acids is 4. The second-order valence-electron chi connectivity index (χ2n) is 7.50. The first-order valence-electron chi connectivity index (χ1n) is 10.0. The number of ether oxygens (including phenoxy) is 1. The van der Waals surface area contributed by atoms with Gasteiger partial charge in [0.15, 0.2) is 0 Å². The summed E-state index contributed by atoms with van der Waals surface area (Å²) in [5, 5.41) is 22.3. The lowest BCUT2D eigenvalue weighted by molar-refractivity contribution is -0.148. The molecule has 0 aromatic heterocycles. The van der Waals surface area contributed by atoms with Gasteiger partial charge < -0.3 is 31.3 Å². The fourth-order valence-electron chi connectivity index (χ4n) is 2.63. The average molecular weight is 465 g/mol. The Kier molecular flexibility index (Phi) is 10.7. The summed E-state index contributed by atoms with van der Waals surface area (Å²) >= 11 is 0. The van der Waals surface area contributed by atoms with Crippen molar-refractivity contribution in [3.8, 4) is 0 Å². The third-order valence-electron chi connectivity index (χ3n) is 4.44. The number of carboxylic acids is 2. The first kappa shape index (κ1) is 27.2. The average Bonchev–Trinajstić information content (AvgIpc) is 2.74. The van der Waals surface area contributed by atoms with Crippen LogP contribution in [-0.2, 0) is 28.7 Å². The molecule has 0 spiro atoms. The summed E-state index contributed by atoms with van der Waals surface area (Å²) in [5.74, 6) is -7.09. The fraction of sp³-hybridized carbons (Fsp3) is 0.429. The zero-order chi connectivity index (χ0) is 25.1. The van der Waals surface area contributed by atoms with Gasteiger partial charge in [0.25, 0.3) is 0 Å². The van der Waals surface area contributed by atoms with Crippen molar-refractivity contribution in [1.29, 1.82) is 0 Å². The molecular formula is C21H27N3O9. The smallest absolute Gasteiger partial charge is 0.345 e. The molecule has 12 heteroatoms. The molecule has 0 heterocycles. The molecule has 0 unspecified atom stereocenters. The molecule has 0 radical (unpaired) electrons. The molecule has 6 N–H and O–H groups in total. The number of aliphatic carboxylic acids is 2. The van der Waals surface area contributed by atoms with E-state index in [-0.39, 0.29) is 18.4 Å². The quantitative estimate of drug-likeness (QED) is 0.201. The van der Waals surface area contributed by atoms with Gasteiger partial charge in [-0.25, -0.2) is 9.59 Å². The summed E-state index contributed by atoms with van der Waals surface area (Å²) in [6.45, 7) is 3.16. The largest absolute Gasteiger partial charge is 0.481 e. The maximum absolute atomic E-state index is 12.7. The standard InChI is InChI=1S/C21H27N3O9/c1-11(2)17(24-18(29)13(22)8-9-15(25)26)19(30)23-14(10-16(27)28)21(32)33-20(31)12-6-4-3-5-7-12/h3-7,11,13-14,17H,8-10,22H2,1-2H3,(H,23,30)(H,24,29)(H,25,26)(H,27,28)/t13-,14-,17-/m0/s1. The second kappa shape index (κ2) is 12.9. The number of benzene rings is 1. The van der Waals surface area contributed by atoms with Crippen molar-refractivity contribution >= 4 is 35.7 Å². The fourth-order valence-corrected chi connectivity index (χ4v) is 2.63. The van der Waals surface area contributed by atoms with Crippen LogP contribution in [0.3, 0.4) is 0 Å². The summed E-state index contributed by atoms with van der Waals surface area (Å²) in [6, 6.07) is 3.36. The van der Waals surface area contributed by atoms with Crippen molar-refractivity contribution in [3.05, 3.63) is 35.9 Å². The van der Waals surface area contributed by atoms with Crippen LogP contribution >= 0.6 is 0 Å². The molecule has 12 nitrogen and oxygen atoms in total.